The Hall–Kier alpha value is -2.73. The van der Waals surface area contributed by atoms with E-state index >= 15 is 0 Å². The van der Waals surface area contributed by atoms with Crippen LogP contribution in [0.2, 0.25) is 0 Å². The van der Waals surface area contributed by atoms with Crippen molar-refractivity contribution >= 4 is 29.3 Å². The van der Waals surface area contributed by atoms with Gasteiger partial charge in [-0.05, 0) is 49.9 Å². The van der Waals surface area contributed by atoms with Gasteiger partial charge in [0, 0.05) is 28.5 Å². The molecule has 1 heterocycles. The van der Waals surface area contributed by atoms with Crippen LogP contribution in [0.15, 0.2) is 59.7 Å². The number of ether oxygens (including phenoxy) is 1. The quantitative estimate of drug-likeness (QED) is 0.715. The molecule has 0 bridgehead atoms. The van der Waals surface area contributed by atoms with Crippen molar-refractivity contribution < 1.29 is 14.3 Å². The third-order valence-electron chi connectivity index (χ3n) is 4.71. The van der Waals surface area contributed by atoms with Gasteiger partial charge < -0.3 is 15.4 Å². The van der Waals surface area contributed by atoms with Gasteiger partial charge in [-0.15, -0.1) is 11.8 Å². The zero-order valence-corrected chi connectivity index (χ0v) is 17.6. The van der Waals surface area contributed by atoms with Crippen molar-refractivity contribution in [3.8, 4) is 0 Å². The molecule has 5 nitrogen and oxygen atoms in total. The van der Waals surface area contributed by atoms with E-state index in [-0.39, 0.29) is 17.9 Å². The van der Waals surface area contributed by atoms with E-state index in [1.807, 2.05) is 38.1 Å². The van der Waals surface area contributed by atoms with Gasteiger partial charge in [-0.1, -0.05) is 36.4 Å². The normalized spacial score (nSPS) is 14.3. The lowest BCUT2D eigenvalue weighted by atomic mass is 10.1. The van der Waals surface area contributed by atoms with Crippen LogP contribution >= 0.6 is 11.8 Å². The smallest absolute Gasteiger partial charge is 0.291 e. The van der Waals surface area contributed by atoms with Crippen molar-refractivity contribution in [3.05, 3.63) is 76.4 Å². The van der Waals surface area contributed by atoms with Crippen LogP contribution in [-0.4, -0.2) is 30.2 Å². The molecule has 0 unspecified atom stereocenters. The molecule has 3 rings (SSSR count). The largest absolute Gasteiger partial charge is 0.487 e. The maximum atomic E-state index is 12.7. The third kappa shape index (κ3) is 6.12. The number of carbonyl (C=O) groups excluding carboxylic acids is 2. The third-order valence-corrected chi connectivity index (χ3v) is 5.49. The molecule has 0 aliphatic carbocycles. The summed E-state index contributed by atoms with van der Waals surface area (Å²) >= 11 is 1.55. The van der Waals surface area contributed by atoms with E-state index in [0.717, 1.165) is 24.2 Å². The minimum absolute atomic E-state index is 0.0415. The van der Waals surface area contributed by atoms with E-state index in [2.05, 4.69) is 22.8 Å². The molecular weight excluding hydrogens is 384 g/mol. The van der Waals surface area contributed by atoms with Crippen molar-refractivity contribution in [1.82, 2.24) is 5.32 Å². The van der Waals surface area contributed by atoms with Crippen molar-refractivity contribution in [1.29, 1.82) is 0 Å². The Morgan fingerprint density at radius 2 is 1.93 bits per heavy atom. The number of aryl methyl sites for hydroxylation is 2. The van der Waals surface area contributed by atoms with Crippen LogP contribution in [0.1, 0.15) is 34.8 Å². The van der Waals surface area contributed by atoms with Crippen molar-refractivity contribution in [2.75, 3.05) is 17.7 Å². The summed E-state index contributed by atoms with van der Waals surface area (Å²) < 4.78 is 5.39. The fourth-order valence-electron chi connectivity index (χ4n) is 2.98. The maximum Gasteiger partial charge on any atom is 0.291 e. The van der Waals surface area contributed by atoms with Crippen LogP contribution < -0.4 is 10.6 Å². The number of thioether (sulfide) groups is 1. The minimum Gasteiger partial charge on any atom is -0.487 e. The van der Waals surface area contributed by atoms with Gasteiger partial charge >= 0.3 is 0 Å². The molecule has 6 heteroatoms. The number of amides is 2. The predicted octanol–water partition coefficient (Wildman–Crippen LogP) is 4.29. The van der Waals surface area contributed by atoms with Gasteiger partial charge in [-0.25, -0.2) is 0 Å². The predicted molar refractivity (Wildman–Crippen MR) is 118 cm³/mol. The highest BCUT2D eigenvalue weighted by atomic mass is 32.2. The van der Waals surface area contributed by atoms with E-state index in [1.165, 1.54) is 5.56 Å². The highest BCUT2D eigenvalue weighted by Gasteiger charge is 2.17. The van der Waals surface area contributed by atoms with Crippen LogP contribution in [-0.2, 0) is 16.0 Å². The molecule has 2 aromatic carbocycles. The molecule has 0 radical (unpaired) electrons. The summed E-state index contributed by atoms with van der Waals surface area (Å²) in [6.45, 7) is 4.42. The molecule has 29 heavy (non-hydrogen) atoms. The standard InChI is InChI=1S/C23H26N2O3S/c1-16-8-11-19(14-20(16)25-23(27)21-15-29-13-12-28-21)22(26)24-17(2)9-10-18-6-4-3-5-7-18/h3-8,11,14-15,17H,9-10,12-13H2,1-2H3,(H,24,26)(H,25,27)/t17-/m0/s1. The van der Waals surface area contributed by atoms with E-state index in [0.29, 0.717) is 23.6 Å². The number of nitrogens with one attached hydrogen (secondary N) is 2. The lowest BCUT2D eigenvalue weighted by molar-refractivity contribution is -0.116. The Bertz CT molecular complexity index is 896. The van der Waals surface area contributed by atoms with E-state index in [4.69, 9.17) is 4.74 Å². The summed E-state index contributed by atoms with van der Waals surface area (Å²) in [5, 5.41) is 7.61. The van der Waals surface area contributed by atoms with Crippen LogP contribution in [0.5, 0.6) is 0 Å². The Kier molecular flexibility index (Phi) is 7.36. The highest BCUT2D eigenvalue weighted by molar-refractivity contribution is 8.02. The molecule has 2 amide bonds. The number of carbonyl (C=O) groups is 2. The van der Waals surface area contributed by atoms with E-state index in [1.54, 1.807) is 29.3 Å². The molecule has 0 saturated heterocycles. The molecule has 1 atom stereocenters. The van der Waals surface area contributed by atoms with Crippen LogP contribution in [0.4, 0.5) is 5.69 Å². The molecule has 1 aliphatic heterocycles. The molecular formula is C23H26N2O3S. The van der Waals surface area contributed by atoms with Crippen LogP contribution in [0.3, 0.4) is 0 Å². The van der Waals surface area contributed by atoms with E-state index < -0.39 is 0 Å². The highest BCUT2D eigenvalue weighted by Crippen LogP contribution is 2.21. The van der Waals surface area contributed by atoms with Crippen LogP contribution in [0, 0.1) is 6.92 Å². The second-order valence-corrected chi connectivity index (χ2v) is 8.06. The maximum absolute atomic E-state index is 12.7. The lowest BCUT2D eigenvalue weighted by Crippen LogP contribution is -2.33. The van der Waals surface area contributed by atoms with Crippen LogP contribution in [0.25, 0.3) is 0 Å². The second kappa shape index (κ2) is 10.2. The first kappa shape index (κ1) is 21.0. The fourth-order valence-corrected chi connectivity index (χ4v) is 3.60. The number of rotatable bonds is 7. The van der Waals surface area contributed by atoms with Crippen molar-refractivity contribution in [3.63, 3.8) is 0 Å². The number of hydrogen-bond acceptors (Lipinski definition) is 4. The zero-order valence-electron chi connectivity index (χ0n) is 16.7. The topological polar surface area (TPSA) is 67.4 Å². The molecule has 0 aromatic heterocycles. The van der Waals surface area contributed by atoms with Gasteiger partial charge in [0.05, 0.1) is 6.61 Å². The monoisotopic (exact) mass is 410 g/mol. The average molecular weight is 411 g/mol. The zero-order chi connectivity index (χ0) is 20.6. The average Bonchev–Trinajstić information content (AvgIpc) is 2.75. The molecule has 1 aliphatic rings. The van der Waals surface area contributed by atoms with Gasteiger partial charge in [-0.3, -0.25) is 9.59 Å². The molecule has 0 spiro atoms. The minimum atomic E-state index is -0.297. The number of benzene rings is 2. The Morgan fingerprint density at radius 3 is 2.66 bits per heavy atom. The molecule has 0 saturated carbocycles. The first-order chi connectivity index (χ1) is 14.0. The number of anilines is 1. The summed E-state index contributed by atoms with van der Waals surface area (Å²) in [5.74, 6) is 0.706. The van der Waals surface area contributed by atoms with Crippen molar-refractivity contribution in [2.24, 2.45) is 0 Å². The molecule has 152 valence electrons. The van der Waals surface area contributed by atoms with Gasteiger partial charge in [0.2, 0.25) is 0 Å². The summed E-state index contributed by atoms with van der Waals surface area (Å²) in [5.41, 5.74) is 3.27. The Labute approximate surface area is 175 Å². The molecule has 2 aromatic rings. The molecule has 2 N–H and O–H groups in total. The number of hydrogen-bond donors (Lipinski definition) is 2. The van der Waals surface area contributed by atoms with Crippen molar-refractivity contribution in [2.45, 2.75) is 32.7 Å². The lowest BCUT2D eigenvalue weighted by Gasteiger charge is -2.17. The van der Waals surface area contributed by atoms with Gasteiger partial charge in [0.1, 0.15) is 0 Å². The summed E-state index contributed by atoms with van der Waals surface area (Å²) in [6.07, 6.45) is 1.76. The second-order valence-electron chi connectivity index (χ2n) is 7.08. The Morgan fingerprint density at radius 1 is 1.14 bits per heavy atom. The molecule has 0 fully saturated rings. The fraction of sp³-hybridized carbons (Fsp3) is 0.304. The first-order valence-corrected chi connectivity index (χ1v) is 10.8. The SMILES string of the molecule is Cc1ccc(C(=O)N[C@@H](C)CCc2ccccc2)cc1NC(=O)C1=CSCCO1. The summed E-state index contributed by atoms with van der Waals surface area (Å²) in [4.78, 5) is 25.0. The first-order valence-electron chi connectivity index (χ1n) is 9.74. The van der Waals surface area contributed by atoms with Gasteiger partial charge in [0.25, 0.3) is 11.8 Å². The van der Waals surface area contributed by atoms with E-state index in [9.17, 15) is 9.59 Å². The summed E-state index contributed by atoms with van der Waals surface area (Å²) in [7, 11) is 0. The Balaban J connectivity index is 1.59. The van der Waals surface area contributed by atoms with Gasteiger partial charge in [0.15, 0.2) is 5.76 Å². The van der Waals surface area contributed by atoms with Gasteiger partial charge in [-0.2, -0.15) is 0 Å². The summed E-state index contributed by atoms with van der Waals surface area (Å²) in [6, 6.07) is 15.6.